The predicted octanol–water partition coefficient (Wildman–Crippen LogP) is 2.27. The first-order chi connectivity index (χ1) is 12.8. The lowest BCUT2D eigenvalue weighted by Crippen LogP contribution is -2.30. The van der Waals surface area contributed by atoms with Gasteiger partial charge in [-0.25, -0.2) is 0 Å². The van der Waals surface area contributed by atoms with E-state index in [1.807, 2.05) is 32.0 Å². The van der Waals surface area contributed by atoms with E-state index in [0.717, 1.165) is 11.3 Å². The van der Waals surface area contributed by atoms with Gasteiger partial charge < -0.3 is 19.5 Å². The van der Waals surface area contributed by atoms with Crippen LogP contribution in [0.25, 0.3) is 0 Å². The van der Waals surface area contributed by atoms with Crippen LogP contribution < -0.4 is 14.8 Å². The second-order valence-corrected chi connectivity index (χ2v) is 6.48. The van der Waals surface area contributed by atoms with Crippen molar-refractivity contribution in [3.8, 4) is 11.5 Å². The lowest BCUT2D eigenvalue weighted by atomic mass is 10.1. The van der Waals surface area contributed by atoms with Gasteiger partial charge in [-0.05, 0) is 44.9 Å². The fourth-order valence-corrected chi connectivity index (χ4v) is 2.83. The van der Waals surface area contributed by atoms with Crippen LogP contribution in [-0.4, -0.2) is 34.6 Å². The maximum Gasteiger partial charge on any atom is 0.306 e. The Morgan fingerprint density at radius 2 is 2.04 bits per heavy atom. The Balaban J connectivity index is 1.50. The highest BCUT2D eigenvalue weighted by molar-refractivity contribution is 5.96. The third-order valence-corrected chi connectivity index (χ3v) is 4.49. The van der Waals surface area contributed by atoms with Crippen LogP contribution in [0.2, 0.25) is 0 Å². The van der Waals surface area contributed by atoms with Crippen LogP contribution in [-0.2, 0) is 27.8 Å². The number of fused-ring (bicyclic) bond motifs is 1. The molecule has 0 saturated heterocycles. The number of nitrogens with zero attached hydrogens (tertiary/aromatic N) is 2. The van der Waals surface area contributed by atoms with Crippen LogP contribution in [0.4, 0.5) is 5.69 Å². The summed E-state index contributed by atoms with van der Waals surface area (Å²) < 4.78 is 17.5. The Morgan fingerprint density at radius 1 is 1.30 bits per heavy atom. The molecule has 1 N–H and O–H groups in total. The molecular weight excluding hydrogens is 350 g/mol. The van der Waals surface area contributed by atoms with Gasteiger partial charge >= 0.3 is 5.97 Å². The molecule has 0 radical (unpaired) electrons. The van der Waals surface area contributed by atoms with Crippen molar-refractivity contribution in [2.75, 3.05) is 12.1 Å². The zero-order chi connectivity index (χ0) is 19.6. The van der Waals surface area contributed by atoms with Gasteiger partial charge in [0.2, 0.25) is 6.79 Å². The second kappa shape index (κ2) is 7.69. The molecule has 0 bridgehead atoms. The van der Waals surface area contributed by atoms with E-state index < -0.39 is 12.1 Å². The number of anilines is 1. The predicted molar refractivity (Wildman–Crippen MR) is 97.8 cm³/mol. The van der Waals surface area contributed by atoms with Crippen molar-refractivity contribution in [3.63, 3.8) is 0 Å². The minimum atomic E-state index is -0.895. The highest BCUT2D eigenvalue weighted by Crippen LogP contribution is 2.32. The van der Waals surface area contributed by atoms with Gasteiger partial charge in [0.15, 0.2) is 17.6 Å². The summed E-state index contributed by atoms with van der Waals surface area (Å²) in [6, 6.07) is 5.54. The summed E-state index contributed by atoms with van der Waals surface area (Å²) >= 11 is 0. The quantitative estimate of drug-likeness (QED) is 0.781. The Kier molecular flexibility index (Phi) is 5.34. The van der Waals surface area contributed by atoms with Gasteiger partial charge in [-0.2, -0.15) is 5.10 Å². The summed E-state index contributed by atoms with van der Waals surface area (Å²) in [7, 11) is 1.80. The molecule has 1 aliphatic rings. The standard InChI is InChI=1S/C19H23N3O5/c1-11-18(12(2)22(4)21-11)20-19(24)13(3)27-17(23)8-6-14-5-7-15-16(9-14)26-10-25-15/h5,7,9,13H,6,8,10H2,1-4H3,(H,20,24). The first-order valence-corrected chi connectivity index (χ1v) is 8.74. The molecule has 0 fully saturated rings. The second-order valence-electron chi connectivity index (χ2n) is 6.48. The number of rotatable bonds is 6. The topological polar surface area (TPSA) is 91.7 Å². The molecule has 27 heavy (non-hydrogen) atoms. The van der Waals surface area contributed by atoms with Crippen LogP contribution >= 0.6 is 0 Å². The van der Waals surface area contributed by atoms with Gasteiger partial charge in [-0.15, -0.1) is 0 Å². The van der Waals surface area contributed by atoms with Crippen LogP contribution in [0.3, 0.4) is 0 Å². The SMILES string of the molecule is Cc1nn(C)c(C)c1NC(=O)C(C)OC(=O)CCc1ccc2c(c1)OCO2. The zero-order valence-corrected chi connectivity index (χ0v) is 15.9. The van der Waals surface area contributed by atoms with E-state index >= 15 is 0 Å². The van der Waals surface area contributed by atoms with E-state index in [4.69, 9.17) is 14.2 Å². The molecule has 2 heterocycles. The number of hydrogen-bond donors (Lipinski definition) is 1. The molecule has 1 unspecified atom stereocenters. The van der Waals surface area contributed by atoms with Crippen molar-refractivity contribution in [1.29, 1.82) is 0 Å². The van der Waals surface area contributed by atoms with E-state index in [1.54, 1.807) is 18.7 Å². The molecule has 1 aromatic carbocycles. The van der Waals surface area contributed by atoms with Gasteiger partial charge in [-0.3, -0.25) is 14.3 Å². The zero-order valence-electron chi connectivity index (χ0n) is 15.9. The van der Waals surface area contributed by atoms with Crippen molar-refractivity contribution >= 4 is 17.6 Å². The third kappa shape index (κ3) is 4.21. The number of aryl methyl sites for hydroxylation is 3. The highest BCUT2D eigenvalue weighted by atomic mass is 16.7. The molecule has 8 heteroatoms. The lowest BCUT2D eigenvalue weighted by molar-refractivity contribution is -0.153. The number of esters is 1. The molecule has 1 aliphatic heterocycles. The van der Waals surface area contributed by atoms with E-state index in [-0.39, 0.29) is 19.1 Å². The summed E-state index contributed by atoms with van der Waals surface area (Å²) in [4.78, 5) is 24.4. The fraction of sp³-hybridized carbons (Fsp3) is 0.421. The number of benzene rings is 1. The Labute approximate surface area is 157 Å². The summed E-state index contributed by atoms with van der Waals surface area (Å²) in [5, 5.41) is 7.02. The smallest absolute Gasteiger partial charge is 0.306 e. The summed E-state index contributed by atoms with van der Waals surface area (Å²) in [5.74, 6) is 0.559. The minimum Gasteiger partial charge on any atom is -0.454 e. The molecule has 144 valence electrons. The Bertz CT molecular complexity index is 874. The summed E-state index contributed by atoms with van der Waals surface area (Å²) in [5.41, 5.74) is 3.13. The maximum absolute atomic E-state index is 12.3. The Hall–Kier alpha value is -3.03. The molecule has 8 nitrogen and oxygen atoms in total. The number of hydrogen-bond acceptors (Lipinski definition) is 6. The lowest BCUT2D eigenvalue weighted by Gasteiger charge is -2.14. The molecule has 3 rings (SSSR count). The monoisotopic (exact) mass is 373 g/mol. The maximum atomic E-state index is 12.3. The first kappa shape index (κ1) is 18.8. The fourth-order valence-electron chi connectivity index (χ4n) is 2.83. The first-order valence-electron chi connectivity index (χ1n) is 8.74. The van der Waals surface area contributed by atoms with Gasteiger partial charge in [0.1, 0.15) is 0 Å². The average Bonchev–Trinajstić information content (AvgIpc) is 3.19. The molecule has 1 atom stereocenters. The summed E-state index contributed by atoms with van der Waals surface area (Å²) in [6.45, 7) is 5.43. The van der Waals surface area contributed by atoms with Crippen LogP contribution in [0, 0.1) is 13.8 Å². The molecular formula is C19H23N3O5. The number of amides is 1. The van der Waals surface area contributed by atoms with Gasteiger partial charge in [0.25, 0.3) is 5.91 Å². The Morgan fingerprint density at radius 3 is 2.74 bits per heavy atom. The molecule has 1 aromatic heterocycles. The van der Waals surface area contributed by atoms with E-state index in [0.29, 0.717) is 29.3 Å². The molecule has 0 saturated carbocycles. The summed E-state index contributed by atoms with van der Waals surface area (Å²) in [6.07, 6.45) is -0.236. The molecule has 0 aliphatic carbocycles. The average molecular weight is 373 g/mol. The highest BCUT2D eigenvalue weighted by Gasteiger charge is 2.21. The van der Waals surface area contributed by atoms with Crippen LogP contribution in [0.15, 0.2) is 18.2 Å². The number of carbonyl (C=O) groups excluding carboxylic acids is 2. The van der Waals surface area contributed by atoms with Crippen LogP contribution in [0.5, 0.6) is 11.5 Å². The number of carbonyl (C=O) groups is 2. The molecule has 2 aromatic rings. The van der Waals surface area contributed by atoms with E-state index in [2.05, 4.69) is 10.4 Å². The van der Waals surface area contributed by atoms with E-state index in [1.165, 1.54) is 0 Å². The van der Waals surface area contributed by atoms with Crippen molar-refractivity contribution in [2.45, 2.75) is 39.7 Å². The molecule has 1 amide bonds. The van der Waals surface area contributed by atoms with Gasteiger partial charge in [0.05, 0.1) is 17.1 Å². The molecule has 0 spiro atoms. The largest absolute Gasteiger partial charge is 0.454 e. The van der Waals surface area contributed by atoms with Gasteiger partial charge in [-0.1, -0.05) is 6.07 Å². The number of ether oxygens (including phenoxy) is 3. The number of aromatic nitrogens is 2. The van der Waals surface area contributed by atoms with Crippen molar-refractivity contribution in [3.05, 3.63) is 35.2 Å². The number of nitrogens with one attached hydrogen (secondary N) is 1. The minimum absolute atomic E-state index is 0.169. The van der Waals surface area contributed by atoms with Crippen molar-refractivity contribution in [1.82, 2.24) is 9.78 Å². The normalized spacial score (nSPS) is 13.3. The van der Waals surface area contributed by atoms with Crippen LogP contribution in [0.1, 0.15) is 30.3 Å². The van der Waals surface area contributed by atoms with Gasteiger partial charge in [0, 0.05) is 13.5 Å². The van der Waals surface area contributed by atoms with Crippen molar-refractivity contribution in [2.24, 2.45) is 7.05 Å². The third-order valence-electron chi connectivity index (χ3n) is 4.49. The van der Waals surface area contributed by atoms with E-state index in [9.17, 15) is 9.59 Å². The van der Waals surface area contributed by atoms with Crippen molar-refractivity contribution < 1.29 is 23.8 Å².